The Labute approximate surface area is 198 Å². The van der Waals surface area contributed by atoms with E-state index in [0.29, 0.717) is 23.2 Å². The molecule has 3 aromatic rings. The molecule has 35 heavy (non-hydrogen) atoms. The Morgan fingerprint density at radius 1 is 1.23 bits per heavy atom. The van der Waals surface area contributed by atoms with Gasteiger partial charge < -0.3 is 15.0 Å². The fourth-order valence-corrected chi connectivity index (χ4v) is 4.27. The maximum absolute atomic E-state index is 13.9. The Hall–Kier alpha value is -3.89. The highest BCUT2D eigenvalue weighted by atomic mass is 19.4. The van der Waals surface area contributed by atoms with E-state index < -0.39 is 35.8 Å². The summed E-state index contributed by atoms with van der Waals surface area (Å²) in [5.74, 6) is -3.96. The number of carbonyl (C=O) groups is 2. The number of halogens is 4. The van der Waals surface area contributed by atoms with E-state index in [1.165, 1.54) is 6.20 Å². The molecule has 0 bridgehead atoms. The number of alkyl halides is 3. The highest BCUT2D eigenvalue weighted by molar-refractivity contribution is 6.04. The quantitative estimate of drug-likeness (QED) is 0.475. The third kappa shape index (κ3) is 5.13. The Kier molecular flexibility index (Phi) is 6.51. The first-order chi connectivity index (χ1) is 16.5. The Balaban J connectivity index is 1.76. The smallest absolute Gasteiger partial charge is 0.403 e. The lowest BCUT2D eigenvalue weighted by molar-refractivity contribution is -0.275. The maximum atomic E-state index is 13.9. The molecule has 184 valence electrons. The van der Waals surface area contributed by atoms with Crippen molar-refractivity contribution in [3.63, 3.8) is 0 Å². The molecule has 1 aliphatic rings. The molecular formula is C24H22F4N4O3. The minimum absolute atomic E-state index is 0.0847. The van der Waals surface area contributed by atoms with Crippen LogP contribution in [0.15, 0.2) is 54.9 Å². The first-order valence-electron chi connectivity index (χ1n) is 10.8. The number of H-pyrrole nitrogens is 1. The van der Waals surface area contributed by atoms with Crippen LogP contribution >= 0.6 is 0 Å². The maximum Gasteiger partial charge on any atom is 0.573 e. The SMILES string of the molecule is CC(C)CN1C(=O)c2ccccc2[C@H](C(=O)Nc2ccc(F)c(OC(F)(F)F)c2)[C@H]1c1cn[nH]c1. The molecule has 1 aromatic heterocycles. The second-order valence-corrected chi connectivity index (χ2v) is 8.58. The van der Waals surface area contributed by atoms with Crippen molar-refractivity contribution in [2.45, 2.75) is 32.2 Å². The molecule has 0 aliphatic carbocycles. The largest absolute Gasteiger partial charge is 0.573 e. The van der Waals surface area contributed by atoms with E-state index in [-0.39, 0.29) is 17.5 Å². The van der Waals surface area contributed by atoms with Crippen LogP contribution in [-0.2, 0) is 4.79 Å². The zero-order valence-electron chi connectivity index (χ0n) is 18.8. The van der Waals surface area contributed by atoms with E-state index in [1.807, 2.05) is 13.8 Å². The number of rotatable bonds is 6. The molecule has 2 atom stereocenters. The fraction of sp³-hybridized carbons (Fsp3) is 0.292. The van der Waals surface area contributed by atoms with Crippen molar-refractivity contribution in [2.75, 3.05) is 11.9 Å². The van der Waals surface area contributed by atoms with Crippen LogP contribution in [0.3, 0.4) is 0 Å². The number of nitrogens with one attached hydrogen (secondary N) is 2. The van der Waals surface area contributed by atoms with Gasteiger partial charge in [-0.05, 0) is 29.7 Å². The van der Waals surface area contributed by atoms with Crippen LogP contribution in [0.25, 0.3) is 0 Å². The van der Waals surface area contributed by atoms with Gasteiger partial charge in [0, 0.05) is 35.6 Å². The molecule has 2 N–H and O–H groups in total. The van der Waals surface area contributed by atoms with Crippen molar-refractivity contribution >= 4 is 17.5 Å². The topological polar surface area (TPSA) is 87.3 Å². The Bertz CT molecular complexity index is 1230. The number of nitrogens with zero attached hydrogens (tertiary/aromatic N) is 2. The van der Waals surface area contributed by atoms with Crippen LogP contribution in [0.5, 0.6) is 5.75 Å². The molecule has 0 saturated heterocycles. The molecule has 0 spiro atoms. The third-order valence-corrected chi connectivity index (χ3v) is 5.57. The molecule has 11 heteroatoms. The van der Waals surface area contributed by atoms with Gasteiger partial charge in [0.2, 0.25) is 5.91 Å². The van der Waals surface area contributed by atoms with Gasteiger partial charge in [-0.3, -0.25) is 14.7 Å². The molecule has 2 aromatic carbocycles. The lowest BCUT2D eigenvalue weighted by atomic mass is 9.79. The molecule has 2 heterocycles. The zero-order chi connectivity index (χ0) is 25.3. The van der Waals surface area contributed by atoms with E-state index in [9.17, 15) is 27.2 Å². The number of anilines is 1. The minimum atomic E-state index is -5.10. The Morgan fingerprint density at radius 3 is 2.63 bits per heavy atom. The number of fused-ring (bicyclic) bond motifs is 1. The van der Waals surface area contributed by atoms with E-state index in [0.717, 1.165) is 18.2 Å². The molecular weight excluding hydrogens is 468 g/mol. The molecule has 0 saturated carbocycles. The first kappa shape index (κ1) is 24.2. The van der Waals surface area contributed by atoms with Crippen LogP contribution < -0.4 is 10.1 Å². The average molecular weight is 490 g/mol. The summed E-state index contributed by atoms with van der Waals surface area (Å²) >= 11 is 0. The predicted molar refractivity (Wildman–Crippen MR) is 118 cm³/mol. The van der Waals surface area contributed by atoms with Crippen molar-refractivity contribution in [2.24, 2.45) is 5.92 Å². The van der Waals surface area contributed by atoms with Crippen LogP contribution in [0.1, 0.15) is 47.3 Å². The van der Waals surface area contributed by atoms with Gasteiger partial charge in [0.1, 0.15) is 0 Å². The van der Waals surface area contributed by atoms with E-state index in [2.05, 4.69) is 20.3 Å². The van der Waals surface area contributed by atoms with Gasteiger partial charge in [-0.25, -0.2) is 4.39 Å². The number of amides is 2. The predicted octanol–water partition coefficient (Wildman–Crippen LogP) is 5.02. The van der Waals surface area contributed by atoms with Crippen LogP contribution in [0.4, 0.5) is 23.2 Å². The fourth-order valence-electron chi connectivity index (χ4n) is 4.27. The molecule has 4 rings (SSSR count). The number of hydrogen-bond acceptors (Lipinski definition) is 4. The number of hydrogen-bond donors (Lipinski definition) is 2. The molecule has 2 amide bonds. The summed E-state index contributed by atoms with van der Waals surface area (Å²) in [6, 6.07) is 8.62. The highest BCUT2D eigenvalue weighted by Gasteiger charge is 2.44. The van der Waals surface area contributed by atoms with Crippen molar-refractivity contribution < 1.29 is 31.9 Å². The van der Waals surface area contributed by atoms with E-state index >= 15 is 0 Å². The van der Waals surface area contributed by atoms with Crippen LogP contribution in [-0.4, -0.2) is 39.8 Å². The lowest BCUT2D eigenvalue weighted by Crippen LogP contribution is -2.47. The average Bonchev–Trinajstić information content (AvgIpc) is 3.31. The van der Waals surface area contributed by atoms with Crippen molar-refractivity contribution in [3.8, 4) is 5.75 Å². The van der Waals surface area contributed by atoms with Gasteiger partial charge in [-0.2, -0.15) is 5.10 Å². The van der Waals surface area contributed by atoms with Crippen LogP contribution in [0.2, 0.25) is 0 Å². The van der Waals surface area contributed by atoms with Crippen molar-refractivity contribution in [1.82, 2.24) is 15.1 Å². The number of carbonyl (C=O) groups excluding carboxylic acids is 2. The van der Waals surface area contributed by atoms with E-state index in [4.69, 9.17) is 0 Å². The molecule has 0 fully saturated rings. The summed E-state index contributed by atoms with van der Waals surface area (Å²) < 4.78 is 55.5. The second-order valence-electron chi connectivity index (χ2n) is 8.58. The van der Waals surface area contributed by atoms with E-state index in [1.54, 1.807) is 35.4 Å². The molecule has 0 unspecified atom stereocenters. The second kappa shape index (κ2) is 9.40. The van der Waals surface area contributed by atoms with Gasteiger partial charge in [-0.15, -0.1) is 13.2 Å². The summed E-state index contributed by atoms with van der Waals surface area (Å²) in [6.45, 7) is 4.24. The van der Waals surface area contributed by atoms with Crippen molar-refractivity contribution in [3.05, 3.63) is 77.4 Å². The summed E-state index contributed by atoms with van der Waals surface area (Å²) in [5, 5.41) is 9.23. The summed E-state index contributed by atoms with van der Waals surface area (Å²) in [5.41, 5.74) is 1.32. The van der Waals surface area contributed by atoms with Crippen LogP contribution in [0, 0.1) is 11.7 Å². The standard InChI is InChI=1S/C24H22F4N4O3/c1-13(2)12-32-21(14-10-29-30-11-14)20(16-5-3-4-6-17(16)23(32)34)22(33)31-15-7-8-18(25)19(9-15)35-24(26,27)28/h3-11,13,20-21H,12H2,1-2H3,(H,29,30)(H,31,33)/t20-,21+/m0/s1. The summed E-state index contributed by atoms with van der Waals surface area (Å²) in [6.07, 6.45) is -1.99. The number of ether oxygens (including phenoxy) is 1. The highest BCUT2D eigenvalue weighted by Crippen LogP contribution is 2.43. The lowest BCUT2D eigenvalue weighted by Gasteiger charge is -2.42. The van der Waals surface area contributed by atoms with Crippen molar-refractivity contribution in [1.29, 1.82) is 0 Å². The van der Waals surface area contributed by atoms with Gasteiger partial charge in [0.25, 0.3) is 5.91 Å². The molecule has 1 aliphatic heterocycles. The number of aromatic amines is 1. The molecule has 7 nitrogen and oxygen atoms in total. The number of aromatic nitrogens is 2. The monoisotopic (exact) mass is 490 g/mol. The van der Waals surface area contributed by atoms with Gasteiger partial charge in [0.15, 0.2) is 11.6 Å². The summed E-state index contributed by atoms with van der Waals surface area (Å²) in [4.78, 5) is 28.6. The Morgan fingerprint density at radius 2 is 1.97 bits per heavy atom. The summed E-state index contributed by atoms with van der Waals surface area (Å²) in [7, 11) is 0. The normalized spacial score (nSPS) is 17.9. The molecule has 0 radical (unpaired) electrons. The first-order valence-corrected chi connectivity index (χ1v) is 10.8. The van der Waals surface area contributed by atoms with Gasteiger partial charge in [0.05, 0.1) is 18.2 Å². The minimum Gasteiger partial charge on any atom is -0.403 e. The van der Waals surface area contributed by atoms with Gasteiger partial charge >= 0.3 is 6.36 Å². The third-order valence-electron chi connectivity index (χ3n) is 5.57. The number of benzene rings is 2. The van der Waals surface area contributed by atoms with Gasteiger partial charge in [-0.1, -0.05) is 32.0 Å². The zero-order valence-corrected chi connectivity index (χ0v) is 18.8.